The predicted octanol–water partition coefficient (Wildman–Crippen LogP) is 2.60. The van der Waals surface area contributed by atoms with E-state index in [1.54, 1.807) is 31.2 Å². The summed E-state index contributed by atoms with van der Waals surface area (Å²) in [6.07, 6.45) is 2.22. The zero-order valence-electron chi connectivity index (χ0n) is 12.5. The van der Waals surface area contributed by atoms with E-state index in [2.05, 4.69) is 0 Å². The molecule has 0 unspecified atom stereocenters. The first-order valence-corrected chi connectivity index (χ1v) is 7.06. The van der Waals surface area contributed by atoms with E-state index < -0.39 is 23.4 Å². The summed E-state index contributed by atoms with van der Waals surface area (Å²) in [6, 6.07) is 8.97. The molecule has 114 valence electrons. The number of hydrogen-bond donors (Lipinski definition) is 1. The topological polar surface area (TPSA) is 74.7 Å². The largest absolute Gasteiger partial charge is 0.505 e. The Labute approximate surface area is 128 Å². The Kier molecular flexibility index (Phi) is 4.56. The van der Waals surface area contributed by atoms with Crippen molar-refractivity contribution in [3.63, 3.8) is 0 Å². The summed E-state index contributed by atoms with van der Waals surface area (Å²) in [5, 5.41) is 10.3. The molecule has 0 aromatic heterocycles. The van der Waals surface area contributed by atoms with Gasteiger partial charge in [-0.25, -0.2) is 4.90 Å². The Morgan fingerprint density at radius 3 is 2.41 bits per heavy atom. The zero-order valence-corrected chi connectivity index (χ0v) is 12.5. The molecule has 0 saturated carbocycles. The predicted molar refractivity (Wildman–Crippen MR) is 81.5 cm³/mol. The minimum atomic E-state index is -0.759. The first kappa shape index (κ1) is 15.7. The molecule has 0 aliphatic carbocycles. The normalized spacial score (nSPS) is 16.5. The Morgan fingerprint density at radius 2 is 1.86 bits per heavy atom. The van der Waals surface area contributed by atoms with E-state index in [-0.39, 0.29) is 17.7 Å². The highest BCUT2D eigenvalue weighted by Crippen LogP contribution is 2.30. The summed E-state index contributed by atoms with van der Waals surface area (Å²) < 4.78 is 0. The van der Waals surface area contributed by atoms with Gasteiger partial charge in [-0.1, -0.05) is 37.3 Å². The molecule has 5 heteroatoms. The fourth-order valence-electron chi connectivity index (χ4n) is 2.31. The van der Waals surface area contributed by atoms with Crippen molar-refractivity contribution < 1.29 is 19.5 Å². The van der Waals surface area contributed by atoms with Crippen molar-refractivity contribution in [2.45, 2.75) is 26.7 Å². The van der Waals surface area contributed by atoms with Crippen molar-refractivity contribution in [2.24, 2.45) is 0 Å². The van der Waals surface area contributed by atoms with Crippen molar-refractivity contribution in [3.8, 4) is 0 Å². The summed E-state index contributed by atoms with van der Waals surface area (Å²) in [7, 11) is 0. The van der Waals surface area contributed by atoms with Crippen molar-refractivity contribution >= 4 is 23.7 Å². The molecule has 0 radical (unpaired) electrons. The molecule has 0 fully saturated rings. The van der Waals surface area contributed by atoms with E-state index in [1.807, 2.05) is 6.07 Å². The highest BCUT2D eigenvalue weighted by atomic mass is 16.3. The summed E-state index contributed by atoms with van der Waals surface area (Å²) in [5.74, 6) is -2.18. The summed E-state index contributed by atoms with van der Waals surface area (Å²) in [5.41, 5.74) is 0.453. The number of aliphatic hydroxyl groups is 1. The minimum Gasteiger partial charge on any atom is -0.505 e. The second kappa shape index (κ2) is 6.39. The van der Waals surface area contributed by atoms with Crippen LogP contribution in [0.15, 0.2) is 47.4 Å². The lowest BCUT2D eigenvalue weighted by atomic mass is 10.1. The molecule has 22 heavy (non-hydrogen) atoms. The molecule has 1 heterocycles. The quantitative estimate of drug-likeness (QED) is 0.867. The lowest BCUT2D eigenvalue weighted by Crippen LogP contribution is -2.31. The van der Waals surface area contributed by atoms with Crippen LogP contribution in [0.5, 0.6) is 0 Å². The van der Waals surface area contributed by atoms with Gasteiger partial charge in [0.25, 0.3) is 5.91 Å². The molecule has 5 nitrogen and oxygen atoms in total. The van der Waals surface area contributed by atoms with Crippen molar-refractivity contribution in [1.29, 1.82) is 0 Å². The van der Waals surface area contributed by atoms with Gasteiger partial charge in [0.15, 0.2) is 11.5 Å². The molecule has 0 spiro atoms. The zero-order chi connectivity index (χ0) is 16.3. The van der Waals surface area contributed by atoms with E-state index in [0.29, 0.717) is 12.0 Å². The molecular formula is C17H17NO4. The number of hydrogen-bond acceptors (Lipinski definition) is 4. The molecule has 0 atom stereocenters. The lowest BCUT2D eigenvalue weighted by Gasteiger charge is -2.14. The Hall–Kier alpha value is -2.69. The smallest absolute Gasteiger partial charge is 0.272 e. The van der Waals surface area contributed by atoms with E-state index in [4.69, 9.17) is 0 Å². The average Bonchev–Trinajstić information content (AvgIpc) is 2.71. The monoisotopic (exact) mass is 299 g/mol. The molecule has 1 aliphatic heterocycles. The lowest BCUT2D eigenvalue weighted by molar-refractivity contribution is -0.138. The molecule has 2 rings (SSSR count). The van der Waals surface area contributed by atoms with E-state index in [9.17, 15) is 19.5 Å². The third-order valence-electron chi connectivity index (χ3n) is 3.31. The molecule has 0 saturated heterocycles. The van der Waals surface area contributed by atoms with Crippen molar-refractivity contribution in [2.75, 3.05) is 0 Å². The Bertz CT molecular complexity index is 686. The molecule has 1 N–H and O–H groups in total. The molecular weight excluding hydrogens is 282 g/mol. The van der Waals surface area contributed by atoms with Crippen LogP contribution >= 0.6 is 0 Å². The SMILES string of the molecule is CCCC(=O)C1=C(O)/C(=C\c2ccccc2)N(C(C)=O)C1=O. The number of aliphatic hydroxyl groups excluding tert-OH is 1. The second-order valence-corrected chi connectivity index (χ2v) is 5.00. The Balaban J connectivity index is 2.53. The van der Waals surface area contributed by atoms with E-state index in [1.165, 1.54) is 13.0 Å². The van der Waals surface area contributed by atoms with Gasteiger partial charge in [-0.2, -0.15) is 0 Å². The summed E-state index contributed by atoms with van der Waals surface area (Å²) in [6.45, 7) is 3.02. The van der Waals surface area contributed by atoms with E-state index >= 15 is 0 Å². The molecule has 1 aromatic carbocycles. The standard InChI is InChI=1S/C17H17NO4/c1-3-7-14(20)15-16(21)13(18(11(2)19)17(15)22)10-12-8-5-4-6-9-12/h4-6,8-10,21H,3,7H2,1-2H3/b13-10+. The van der Waals surface area contributed by atoms with Crippen LogP contribution in [0.2, 0.25) is 0 Å². The van der Waals surface area contributed by atoms with Gasteiger partial charge >= 0.3 is 0 Å². The van der Waals surface area contributed by atoms with Gasteiger partial charge in [0.1, 0.15) is 5.57 Å². The third-order valence-corrected chi connectivity index (χ3v) is 3.31. The number of rotatable bonds is 4. The minimum absolute atomic E-state index is 0.0446. The number of carbonyl (C=O) groups is 3. The van der Waals surface area contributed by atoms with Crippen molar-refractivity contribution in [1.82, 2.24) is 4.90 Å². The number of amides is 2. The maximum Gasteiger partial charge on any atom is 0.272 e. The number of imide groups is 1. The molecule has 2 amide bonds. The van der Waals surface area contributed by atoms with Crippen LogP contribution in [0.1, 0.15) is 32.3 Å². The van der Waals surface area contributed by atoms with Gasteiger partial charge in [0.2, 0.25) is 5.91 Å². The van der Waals surface area contributed by atoms with Gasteiger partial charge in [0, 0.05) is 13.3 Å². The maximum atomic E-state index is 12.3. The first-order valence-electron chi connectivity index (χ1n) is 7.06. The molecule has 1 aromatic rings. The van der Waals surface area contributed by atoms with Gasteiger partial charge in [-0.3, -0.25) is 14.4 Å². The number of carbonyl (C=O) groups excluding carboxylic acids is 3. The fourth-order valence-corrected chi connectivity index (χ4v) is 2.31. The average molecular weight is 299 g/mol. The number of Topliss-reactive ketones (excluding diaryl/α,β-unsaturated/α-hetero) is 1. The van der Waals surface area contributed by atoms with Gasteiger partial charge < -0.3 is 5.11 Å². The van der Waals surface area contributed by atoms with Gasteiger partial charge in [-0.15, -0.1) is 0 Å². The Morgan fingerprint density at radius 1 is 1.23 bits per heavy atom. The summed E-state index contributed by atoms with van der Waals surface area (Å²) >= 11 is 0. The van der Waals surface area contributed by atoms with Crippen LogP contribution in [0.25, 0.3) is 6.08 Å². The van der Waals surface area contributed by atoms with Crippen LogP contribution in [0, 0.1) is 0 Å². The fraction of sp³-hybridized carbons (Fsp3) is 0.235. The number of benzene rings is 1. The first-order chi connectivity index (χ1) is 10.5. The second-order valence-electron chi connectivity index (χ2n) is 5.00. The highest BCUT2D eigenvalue weighted by molar-refractivity contribution is 6.26. The van der Waals surface area contributed by atoms with Crippen LogP contribution < -0.4 is 0 Å². The van der Waals surface area contributed by atoms with Gasteiger partial charge in [0.05, 0.1) is 5.70 Å². The van der Waals surface area contributed by atoms with Gasteiger partial charge in [-0.05, 0) is 18.1 Å². The van der Waals surface area contributed by atoms with E-state index in [0.717, 1.165) is 4.90 Å². The van der Waals surface area contributed by atoms with Crippen molar-refractivity contribution in [3.05, 3.63) is 52.9 Å². The van der Waals surface area contributed by atoms with Crippen LogP contribution in [0.4, 0.5) is 0 Å². The number of ketones is 1. The van der Waals surface area contributed by atoms with Crippen LogP contribution in [-0.2, 0) is 14.4 Å². The highest BCUT2D eigenvalue weighted by Gasteiger charge is 2.40. The molecule has 1 aliphatic rings. The number of nitrogens with zero attached hydrogens (tertiary/aromatic N) is 1. The maximum absolute atomic E-state index is 12.3. The summed E-state index contributed by atoms with van der Waals surface area (Å²) in [4.78, 5) is 36.9. The third kappa shape index (κ3) is 2.83. The van der Waals surface area contributed by atoms with Crippen LogP contribution in [0.3, 0.4) is 0 Å². The molecule has 0 bridgehead atoms. The van der Waals surface area contributed by atoms with Crippen LogP contribution in [-0.4, -0.2) is 27.6 Å².